The molecule has 1 aromatic heterocycles. The van der Waals surface area contributed by atoms with Crippen LogP contribution in [0.15, 0.2) is 24.4 Å². The zero-order valence-corrected chi connectivity index (χ0v) is 7.15. The first-order valence-corrected chi connectivity index (χ1v) is 3.96. The van der Waals surface area contributed by atoms with Crippen LogP contribution in [0.5, 0.6) is 0 Å². The summed E-state index contributed by atoms with van der Waals surface area (Å²) < 4.78 is 26.0. The smallest absolute Gasteiger partial charge is 0.152 e. The number of hydrogen-bond donors (Lipinski definition) is 0. The average Bonchev–Trinajstić information content (AvgIpc) is 2.15. The molecule has 0 N–H and O–H groups in total. The monoisotopic (exact) mass is 199 g/mol. The molecule has 1 heterocycles. The Morgan fingerprint density at radius 2 is 2.00 bits per heavy atom. The van der Waals surface area contributed by atoms with Crippen molar-refractivity contribution in [2.45, 2.75) is 0 Å². The van der Waals surface area contributed by atoms with E-state index in [4.69, 9.17) is 11.6 Å². The van der Waals surface area contributed by atoms with Gasteiger partial charge in [0.15, 0.2) is 5.82 Å². The Morgan fingerprint density at radius 3 is 2.77 bits per heavy atom. The van der Waals surface area contributed by atoms with Gasteiger partial charge in [0.1, 0.15) is 11.3 Å². The molecule has 0 saturated carbocycles. The second-order valence-electron chi connectivity index (χ2n) is 2.55. The fourth-order valence-corrected chi connectivity index (χ4v) is 1.35. The average molecular weight is 200 g/mol. The van der Waals surface area contributed by atoms with Gasteiger partial charge in [0.05, 0.1) is 5.02 Å². The zero-order chi connectivity index (χ0) is 9.42. The second-order valence-corrected chi connectivity index (χ2v) is 2.93. The van der Waals surface area contributed by atoms with E-state index in [-0.39, 0.29) is 10.5 Å². The van der Waals surface area contributed by atoms with Crippen LogP contribution in [-0.2, 0) is 0 Å². The number of pyridine rings is 1. The predicted octanol–water partition coefficient (Wildman–Crippen LogP) is 3.17. The normalized spacial score (nSPS) is 10.7. The summed E-state index contributed by atoms with van der Waals surface area (Å²) in [5, 5.41) is 0.200. The lowest BCUT2D eigenvalue weighted by Gasteiger charge is -2.01. The maximum atomic E-state index is 13.1. The fraction of sp³-hybridized carbons (Fsp3) is 0. The van der Waals surface area contributed by atoms with E-state index in [0.717, 1.165) is 6.07 Å². The minimum atomic E-state index is -0.764. The molecular formula is C9H4ClF2N. The highest BCUT2D eigenvalue weighted by Crippen LogP contribution is 2.26. The number of hydrogen-bond acceptors (Lipinski definition) is 1. The molecule has 2 aromatic rings. The summed E-state index contributed by atoms with van der Waals surface area (Å²) in [6.45, 7) is 0. The molecule has 0 saturated heterocycles. The SMILES string of the molecule is Fc1cc(F)c2ncccc2c1Cl. The van der Waals surface area contributed by atoms with Crippen LogP contribution < -0.4 is 0 Å². The lowest BCUT2D eigenvalue weighted by atomic mass is 10.2. The standard InChI is InChI=1S/C9H4ClF2N/c10-8-5-2-1-3-13-9(5)7(12)4-6(8)11/h1-4H. The molecule has 1 nitrogen and oxygen atoms in total. The van der Waals surface area contributed by atoms with E-state index < -0.39 is 11.6 Å². The van der Waals surface area contributed by atoms with E-state index in [9.17, 15) is 8.78 Å². The topological polar surface area (TPSA) is 12.9 Å². The molecular weight excluding hydrogens is 196 g/mol. The second kappa shape index (κ2) is 2.92. The van der Waals surface area contributed by atoms with Crippen molar-refractivity contribution < 1.29 is 8.78 Å². The Bertz CT molecular complexity index is 470. The Morgan fingerprint density at radius 1 is 1.23 bits per heavy atom. The molecule has 0 fully saturated rings. The minimum absolute atomic E-state index is 0.0916. The van der Waals surface area contributed by atoms with Crippen LogP contribution in [-0.4, -0.2) is 4.98 Å². The molecule has 0 aliphatic carbocycles. The summed E-state index contributed by atoms with van der Waals surface area (Å²) in [4.78, 5) is 3.76. The van der Waals surface area contributed by atoms with E-state index in [2.05, 4.69) is 4.98 Å². The van der Waals surface area contributed by atoms with Gasteiger partial charge in [-0.05, 0) is 12.1 Å². The third-order valence-corrected chi connectivity index (χ3v) is 2.12. The van der Waals surface area contributed by atoms with Gasteiger partial charge in [-0.25, -0.2) is 8.78 Å². The summed E-state index contributed by atoms with van der Waals surface area (Å²) >= 11 is 5.62. The molecule has 66 valence electrons. The summed E-state index contributed by atoms with van der Waals surface area (Å²) in [5.74, 6) is -1.46. The number of aromatic nitrogens is 1. The molecule has 0 aliphatic heterocycles. The highest BCUT2D eigenvalue weighted by Gasteiger charge is 2.10. The largest absolute Gasteiger partial charge is 0.253 e. The van der Waals surface area contributed by atoms with Crippen LogP contribution in [0.25, 0.3) is 10.9 Å². The van der Waals surface area contributed by atoms with Crippen LogP contribution in [0.4, 0.5) is 8.78 Å². The number of fused-ring (bicyclic) bond motifs is 1. The third-order valence-electron chi connectivity index (χ3n) is 1.73. The maximum Gasteiger partial charge on any atom is 0.152 e. The Labute approximate surface area is 78.0 Å². The summed E-state index contributed by atoms with van der Waals surface area (Å²) in [6, 6.07) is 3.83. The van der Waals surface area contributed by atoms with Gasteiger partial charge in [0, 0.05) is 17.6 Å². The van der Waals surface area contributed by atoms with Gasteiger partial charge < -0.3 is 0 Å². The van der Waals surface area contributed by atoms with Gasteiger partial charge in [-0.2, -0.15) is 0 Å². The predicted molar refractivity (Wildman–Crippen MR) is 46.7 cm³/mol. The zero-order valence-electron chi connectivity index (χ0n) is 6.39. The van der Waals surface area contributed by atoms with Crippen LogP contribution in [0.2, 0.25) is 5.02 Å². The van der Waals surface area contributed by atoms with Crippen molar-refractivity contribution in [1.82, 2.24) is 4.98 Å². The molecule has 2 rings (SSSR count). The summed E-state index contributed by atoms with van der Waals surface area (Å²) in [6.07, 6.45) is 1.43. The highest BCUT2D eigenvalue weighted by atomic mass is 35.5. The van der Waals surface area contributed by atoms with E-state index in [1.807, 2.05) is 0 Å². The number of nitrogens with zero attached hydrogens (tertiary/aromatic N) is 1. The van der Waals surface area contributed by atoms with Crippen LogP contribution in [0.3, 0.4) is 0 Å². The lowest BCUT2D eigenvalue weighted by molar-refractivity contribution is 0.590. The number of benzene rings is 1. The van der Waals surface area contributed by atoms with Gasteiger partial charge in [-0.3, -0.25) is 4.98 Å². The molecule has 0 unspecified atom stereocenters. The van der Waals surface area contributed by atoms with Crippen molar-refractivity contribution in [2.75, 3.05) is 0 Å². The summed E-state index contributed by atoms with van der Waals surface area (Å²) in [7, 11) is 0. The molecule has 0 spiro atoms. The molecule has 0 atom stereocenters. The molecule has 4 heteroatoms. The van der Waals surface area contributed by atoms with Crippen molar-refractivity contribution in [3.8, 4) is 0 Å². The molecule has 0 radical (unpaired) electrons. The Hall–Kier alpha value is -1.22. The van der Waals surface area contributed by atoms with Crippen molar-refractivity contribution in [3.63, 3.8) is 0 Å². The molecule has 0 aliphatic rings. The molecule has 0 amide bonds. The van der Waals surface area contributed by atoms with Crippen molar-refractivity contribution in [2.24, 2.45) is 0 Å². The fourth-order valence-electron chi connectivity index (χ4n) is 1.14. The highest BCUT2D eigenvalue weighted by molar-refractivity contribution is 6.35. The molecule has 0 bridgehead atoms. The van der Waals surface area contributed by atoms with Crippen LogP contribution in [0.1, 0.15) is 0 Å². The molecule has 13 heavy (non-hydrogen) atoms. The Balaban J connectivity index is 2.97. The first-order chi connectivity index (χ1) is 6.20. The van der Waals surface area contributed by atoms with Gasteiger partial charge >= 0.3 is 0 Å². The summed E-state index contributed by atoms with van der Waals surface area (Å²) in [5.41, 5.74) is 0.0916. The molecule has 1 aromatic carbocycles. The quantitative estimate of drug-likeness (QED) is 0.594. The van der Waals surface area contributed by atoms with Crippen LogP contribution in [0, 0.1) is 11.6 Å². The Kier molecular flexibility index (Phi) is 1.88. The lowest BCUT2D eigenvalue weighted by Crippen LogP contribution is -1.88. The van der Waals surface area contributed by atoms with Crippen LogP contribution >= 0.6 is 11.6 Å². The first-order valence-electron chi connectivity index (χ1n) is 3.58. The van der Waals surface area contributed by atoms with Gasteiger partial charge in [0.25, 0.3) is 0 Å². The van der Waals surface area contributed by atoms with E-state index in [0.29, 0.717) is 5.39 Å². The van der Waals surface area contributed by atoms with Gasteiger partial charge in [-0.15, -0.1) is 0 Å². The number of rotatable bonds is 0. The van der Waals surface area contributed by atoms with Crippen molar-refractivity contribution >= 4 is 22.5 Å². The van der Waals surface area contributed by atoms with E-state index in [1.54, 1.807) is 6.07 Å². The number of halogens is 3. The maximum absolute atomic E-state index is 13.1. The first kappa shape index (κ1) is 8.38. The van der Waals surface area contributed by atoms with E-state index in [1.165, 1.54) is 12.3 Å². The van der Waals surface area contributed by atoms with Gasteiger partial charge in [-0.1, -0.05) is 11.6 Å². The van der Waals surface area contributed by atoms with E-state index >= 15 is 0 Å². The van der Waals surface area contributed by atoms with Gasteiger partial charge in [0.2, 0.25) is 0 Å². The third kappa shape index (κ3) is 1.25. The van der Waals surface area contributed by atoms with Crippen molar-refractivity contribution in [1.29, 1.82) is 0 Å². The minimum Gasteiger partial charge on any atom is -0.253 e. The van der Waals surface area contributed by atoms with Crippen molar-refractivity contribution in [3.05, 3.63) is 41.1 Å².